The van der Waals surface area contributed by atoms with Crippen LogP contribution in [0.1, 0.15) is 55.8 Å². The molecule has 146 valence electrons. The second-order valence-electron chi connectivity index (χ2n) is 7.03. The molecule has 0 radical (unpaired) electrons. The summed E-state index contributed by atoms with van der Waals surface area (Å²) in [5, 5.41) is 16.6. The summed E-state index contributed by atoms with van der Waals surface area (Å²) in [5.41, 5.74) is 0.413. The van der Waals surface area contributed by atoms with Gasteiger partial charge >= 0.3 is 5.97 Å². The van der Waals surface area contributed by atoms with Crippen LogP contribution in [0.5, 0.6) is 0 Å². The van der Waals surface area contributed by atoms with Gasteiger partial charge in [0, 0.05) is 31.4 Å². The van der Waals surface area contributed by atoms with Gasteiger partial charge < -0.3 is 20.5 Å². The molecule has 2 rings (SSSR count). The number of rotatable bonds is 9. The first kappa shape index (κ1) is 21.1. The predicted molar refractivity (Wildman–Crippen MR) is 106 cm³/mol. The Morgan fingerprint density at radius 3 is 2.77 bits per heavy atom. The van der Waals surface area contributed by atoms with Gasteiger partial charge in [-0.05, 0) is 47.2 Å². The maximum Gasteiger partial charge on any atom is 0.339 e. The van der Waals surface area contributed by atoms with Crippen LogP contribution in [0.3, 0.4) is 0 Å². The molecule has 1 aliphatic carbocycles. The van der Waals surface area contributed by atoms with Crippen LogP contribution in [0.15, 0.2) is 16.7 Å². The van der Waals surface area contributed by atoms with Crippen LogP contribution in [0.25, 0.3) is 0 Å². The van der Waals surface area contributed by atoms with E-state index in [1.807, 2.05) is 0 Å². The van der Waals surface area contributed by atoms with Crippen LogP contribution in [-0.4, -0.2) is 48.4 Å². The second kappa shape index (κ2) is 10.8. The zero-order chi connectivity index (χ0) is 18.9. The number of esters is 1. The Morgan fingerprint density at radius 1 is 1.42 bits per heavy atom. The van der Waals surface area contributed by atoms with Gasteiger partial charge in [0.05, 0.1) is 17.1 Å². The van der Waals surface area contributed by atoms with Crippen LogP contribution in [-0.2, 0) is 4.74 Å². The number of nitrogens with zero attached hydrogens (tertiary/aromatic N) is 1. The molecule has 1 aromatic heterocycles. The van der Waals surface area contributed by atoms with Crippen LogP contribution in [0, 0.1) is 5.92 Å². The molecule has 2 unspecified atom stereocenters. The lowest BCUT2D eigenvalue weighted by molar-refractivity contribution is 0.0600. The number of pyridine rings is 1. The first-order chi connectivity index (χ1) is 12.5. The third-order valence-corrected chi connectivity index (χ3v) is 5.64. The number of hydrogen-bond donors (Lipinski definition) is 3. The average Bonchev–Trinajstić information content (AvgIpc) is 2.67. The van der Waals surface area contributed by atoms with Gasteiger partial charge in [0.15, 0.2) is 0 Å². The van der Waals surface area contributed by atoms with E-state index in [-0.39, 0.29) is 18.6 Å². The maximum absolute atomic E-state index is 11.5. The molecule has 1 fully saturated rings. The lowest BCUT2D eigenvalue weighted by Gasteiger charge is -2.31. The molecular weight excluding hydrogens is 398 g/mol. The van der Waals surface area contributed by atoms with Crippen molar-refractivity contribution in [1.29, 1.82) is 0 Å². The third-order valence-electron chi connectivity index (χ3n) is 5.04. The lowest BCUT2D eigenvalue weighted by Crippen LogP contribution is -2.44. The van der Waals surface area contributed by atoms with Gasteiger partial charge in [-0.1, -0.05) is 26.2 Å². The molecule has 0 aliphatic heterocycles. The van der Waals surface area contributed by atoms with Crippen molar-refractivity contribution in [3.8, 4) is 0 Å². The topological polar surface area (TPSA) is 83.5 Å². The van der Waals surface area contributed by atoms with Gasteiger partial charge in [-0.2, -0.15) is 0 Å². The van der Waals surface area contributed by atoms with Crippen molar-refractivity contribution in [2.24, 2.45) is 5.92 Å². The molecule has 1 aliphatic rings. The number of halogens is 1. The van der Waals surface area contributed by atoms with Gasteiger partial charge in [-0.15, -0.1) is 0 Å². The maximum atomic E-state index is 11.5. The molecule has 0 aromatic carbocycles. The Labute approximate surface area is 164 Å². The molecule has 0 saturated heterocycles. The average molecular weight is 428 g/mol. The highest BCUT2D eigenvalue weighted by atomic mass is 79.9. The molecule has 1 saturated carbocycles. The van der Waals surface area contributed by atoms with E-state index in [0.29, 0.717) is 17.4 Å². The minimum Gasteiger partial charge on any atom is -0.465 e. The summed E-state index contributed by atoms with van der Waals surface area (Å²) in [6.07, 6.45) is 8.77. The van der Waals surface area contributed by atoms with Crippen LogP contribution < -0.4 is 10.6 Å². The molecule has 26 heavy (non-hydrogen) atoms. The SMILES string of the molecule is COC(=O)c1cnc(NCCC(NC2CCCCC2)C(C)CO)c(Br)c1. The van der Waals surface area contributed by atoms with Crippen molar-refractivity contribution in [2.45, 2.75) is 57.5 Å². The zero-order valence-corrected chi connectivity index (χ0v) is 17.2. The molecule has 1 aromatic rings. The number of methoxy groups -OCH3 is 1. The number of aliphatic hydroxyl groups is 1. The molecule has 7 heteroatoms. The summed E-state index contributed by atoms with van der Waals surface area (Å²) in [5.74, 6) is 0.501. The first-order valence-corrected chi connectivity index (χ1v) is 10.2. The second-order valence-corrected chi connectivity index (χ2v) is 7.88. The van der Waals surface area contributed by atoms with Gasteiger partial charge in [-0.3, -0.25) is 0 Å². The van der Waals surface area contributed by atoms with Crippen molar-refractivity contribution in [3.63, 3.8) is 0 Å². The summed E-state index contributed by atoms with van der Waals surface area (Å²) >= 11 is 3.45. The van der Waals surface area contributed by atoms with Crippen LogP contribution in [0.2, 0.25) is 0 Å². The largest absolute Gasteiger partial charge is 0.465 e. The van der Waals surface area contributed by atoms with Crippen LogP contribution >= 0.6 is 15.9 Å². The Bertz CT molecular complexity index is 579. The highest BCUT2D eigenvalue weighted by Gasteiger charge is 2.22. The fourth-order valence-corrected chi connectivity index (χ4v) is 3.86. The molecule has 0 amide bonds. The minimum atomic E-state index is -0.404. The number of aliphatic hydroxyl groups excluding tert-OH is 1. The molecule has 0 spiro atoms. The molecular formula is C19H30BrN3O3. The number of anilines is 1. The summed E-state index contributed by atoms with van der Waals surface area (Å²) in [6.45, 7) is 3.00. The first-order valence-electron chi connectivity index (χ1n) is 9.39. The number of nitrogens with one attached hydrogen (secondary N) is 2. The minimum absolute atomic E-state index is 0.181. The zero-order valence-electron chi connectivity index (χ0n) is 15.6. The summed E-state index contributed by atoms with van der Waals surface area (Å²) in [4.78, 5) is 15.8. The van der Waals surface area contributed by atoms with Crippen LogP contribution in [0.4, 0.5) is 5.82 Å². The lowest BCUT2D eigenvalue weighted by atomic mass is 9.92. The summed E-state index contributed by atoms with van der Waals surface area (Å²) < 4.78 is 5.43. The Morgan fingerprint density at radius 2 is 2.15 bits per heavy atom. The van der Waals surface area contributed by atoms with E-state index < -0.39 is 5.97 Å². The fraction of sp³-hybridized carbons (Fsp3) is 0.684. The molecule has 2 atom stereocenters. The highest BCUT2D eigenvalue weighted by molar-refractivity contribution is 9.10. The van der Waals surface area contributed by atoms with E-state index in [9.17, 15) is 9.90 Å². The van der Waals surface area contributed by atoms with Crippen molar-refractivity contribution in [2.75, 3.05) is 25.6 Å². The number of carbonyl (C=O) groups is 1. The van der Waals surface area contributed by atoms with Crippen molar-refractivity contribution in [1.82, 2.24) is 10.3 Å². The van der Waals surface area contributed by atoms with Crippen molar-refractivity contribution >= 4 is 27.7 Å². The molecule has 1 heterocycles. The van der Waals surface area contributed by atoms with Gasteiger partial charge in [0.2, 0.25) is 0 Å². The predicted octanol–water partition coefficient (Wildman–Crippen LogP) is 3.35. The Kier molecular flexibility index (Phi) is 8.81. The number of hydrogen-bond acceptors (Lipinski definition) is 6. The van der Waals surface area contributed by atoms with Gasteiger partial charge in [0.1, 0.15) is 5.82 Å². The van der Waals surface area contributed by atoms with Crippen molar-refractivity contribution in [3.05, 3.63) is 22.3 Å². The quantitative estimate of drug-likeness (QED) is 0.524. The smallest absolute Gasteiger partial charge is 0.339 e. The normalized spacial score (nSPS) is 17.5. The molecule has 6 nitrogen and oxygen atoms in total. The van der Waals surface area contributed by atoms with E-state index in [4.69, 9.17) is 4.74 Å². The number of carbonyl (C=O) groups excluding carboxylic acids is 1. The molecule has 3 N–H and O–H groups in total. The van der Waals surface area contributed by atoms with E-state index in [0.717, 1.165) is 17.4 Å². The highest BCUT2D eigenvalue weighted by Crippen LogP contribution is 2.22. The number of aromatic nitrogens is 1. The van der Waals surface area contributed by atoms with E-state index in [1.54, 1.807) is 6.07 Å². The van der Waals surface area contributed by atoms with Gasteiger partial charge in [0.25, 0.3) is 0 Å². The standard InChI is InChI=1S/C19H30BrN3O3/c1-13(12-24)17(23-15-6-4-3-5-7-15)8-9-21-18-16(20)10-14(11-22-18)19(25)26-2/h10-11,13,15,17,23-24H,3-9,12H2,1-2H3,(H,21,22). The summed E-state index contributed by atoms with van der Waals surface area (Å²) in [6, 6.07) is 2.53. The Balaban J connectivity index is 1.88. The summed E-state index contributed by atoms with van der Waals surface area (Å²) in [7, 11) is 1.35. The van der Waals surface area contributed by atoms with Gasteiger partial charge in [-0.25, -0.2) is 9.78 Å². The number of ether oxygens (including phenoxy) is 1. The van der Waals surface area contributed by atoms with E-state index in [1.165, 1.54) is 45.4 Å². The monoisotopic (exact) mass is 427 g/mol. The molecule has 0 bridgehead atoms. The Hall–Kier alpha value is -1.18. The van der Waals surface area contributed by atoms with Crippen molar-refractivity contribution < 1.29 is 14.6 Å². The van der Waals surface area contributed by atoms with E-state index >= 15 is 0 Å². The van der Waals surface area contributed by atoms with E-state index in [2.05, 4.69) is 38.5 Å². The fourth-order valence-electron chi connectivity index (χ4n) is 3.37. The third kappa shape index (κ3) is 6.21.